The van der Waals surface area contributed by atoms with E-state index in [0.717, 1.165) is 25.1 Å². The van der Waals surface area contributed by atoms with E-state index < -0.39 is 0 Å². The van der Waals surface area contributed by atoms with Crippen molar-refractivity contribution in [3.63, 3.8) is 0 Å². The number of rotatable bonds is 6. The fraction of sp³-hybridized carbons (Fsp3) is 0.391. The van der Waals surface area contributed by atoms with E-state index >= 15 is 0 Å². The summed E-state index contributed by atoms with van der Waals surface area (Å²) >= 11 is 6.18. The lowest BCUT2D eigenvalue weighted by Crippen LogP contribution is -2.45. The number of aryl methyl sites for hydroxylation is 2. The van der Waals surface area contributed by atoms with Crippen LogP contribution in [-0.4, -0.2) is 44.6 Å². The van der Waals surface area contributed by atoms with Crippen LogP contribution in [0, 0.1) is 13.8 Å². The summed E-state index contributed by atoms with van der Waals surface area (Å²) in [7, 11) is 1.74. The minimum Gasteiger partial charge on any atom is -0.369 e. The maximum Gasteiger partial charge on any atom is 0.226 e. The molecule has 3 N–H and O–H groups in total. The molecule has 0 aromatic heterocycles. The molecule has 1 fully saturated rings. The Balaban J connectivity index is 0.00000341. The maximum absolute atomic E-state index is 12.2. The zero-order valence-electron chi connectivity index (χ0n) is 18.2. The van der Waals surface area contributed by atoms with Crippen LogP contribution in [0.25, 0.3) is 0 Å². The molecular weight excluding hydrogens is 525 g/mol. The minimum absolute atomic E-state index is 0. The molecule has 168 valence electrons. The monoisotopic (exact) mass is 555 g/mol. The van der Waals surface area contributed by atoms with Crippen molar-refractivity contribution in [3.05, 3.63) is 58.6 Å². The van der Waals surface area contributed by atoms with Gasteiger partial charge in [0.25, 0.3) is 0 Å². The molecule has 6 nitrogen and oxygen atoms in total. The van der Waals surface area contributed by atoms with Gasteiger partial charge in [-0.25, -0.2) is 0 Å². The van der Waals surface area contributed by atoms with Gasteiger partial charge in [0.15, 0.2) is 5.96 Å². The van der Waals surface area contributed by atoms with Gasteiger partial charge >= 0.3 is 0 Å². The average molecular weight is 556 g/mol. The Morgan fingerprint density at radius 3 is 2.55 bits per heavy atom. The second kappa shape index (κ2) is 12.1. The summed E-state index contributed by atoms with van der Waals surface area (Å²) in [5.41, 5.74) is 4.21. The summed E-state index contributed by atoms with van der Waals surface area (Å²) in [6.07, 6.45) is 1.37. The van der Waals surface area contributed by atoms with E-state index in [9.17, 15) is 4.79 Å². The SMILES string of the molecule is CN=C(NCCC(=O)Nc1ccc(C)cc1Cl)NC1CCN(c2ccc(C)cc2)C1.I. The molecule has 1 amide bonds. The van der Waals surface area contributed by atoms with Gasteiger partial charge in [-0.1, -0.05) is 35.4 Å². The molecule has 1 saturated heterocycles. The Hall–Kier alpha value is -2.00. The first kappa shape index (κ1) is 25.3. The number of amides is 1. The second-order valence-corrected chi connectivity index (χ2v) is 8.10. The molecule has 8 heteroatoms. The van der Waals surface area contributed by atoms with Gasteiger partial charge in [-0.2, -0.15) is 0 Å². The molecule has 31 heavy (non-hydrogen) atoms. The number of hydrogen-bond donors (Lipinski definition) is 3. The van der Waals surface area contributed by atoms with Crippen molar-refractivity contribution in [1.82, 2.24) is 10.6 Å². The summed E-state index contributed by atoms with van der Waals surface area (Å²) in [6.45, 7) is 6.49. The number of benzene rings is 2. The number of anilines is 2. The zero-order valence-corrected chi connectivity index (χ0v) is 21.3. The van der Waals surface area contributed by atoms with E-state index in [4.69, 9.17) is 11.6 Å². The van der Waals surface area contributed by atoms with E-state index in [1.165, 1.54) is 11.3 Å². The summed E-state index contributed by atoms with van der Waals surface area (Å²) < 4.78 is 0. The Kier molecular flexibility index (Phi) is 9.90. The van der Waals surface area contributed by atoms with Crippen LogP contribution < -0.4 is 20.9 Å². The molecule has 2 aromatic rings. The van der Waals surface area contributed by atoms with Crippen LogP contribution >= 0.6 is 35.6 Å². The van der Waals surface area contributed by atoms with Gasteiger partial charge in [0, 0.05) is 44.8 Å². The van der Waals surface area contributed by atoms with Crippen molar-refractivity contribution in [3.8, 4) is 0 Å². The number of hydrogen-bond acceptors (Lipinski definition) is 3. The van der Waals surface area contributed by atoms with Crippen LogP contribution in [0.1, 0.15) is 24.0 Å². The van der Waals surface area contributed by atoms with Crippen molar-refractivity contribution < 1.29 is 4.79 Å². The highest BCUT2D eigenvalue weighted by Gasteiger charge is 2.23. The molecule has 0 spiro atoms. The smallest absolute Gasteiger partial charge is 0.226 e. The van der Waals surface area contributed by atoms with Crippen molar-refractivity contribution in [2.75, 3.05) is 36.9 Å². The van der Waals surface area contributed by atoms with Crippen LogP contribution in [0.2, 0.25) is 5.02 Å². The van der Waals surface area contributed by atoms with Gasteiger partial charge in [0.05, 0.1) is 10.7 Å². The van der Waals surface area contributed by atoms with Crippen LogP contribution in [0.15, 0.2) is 47.5 Å². The topological polar surface area (TPSA) is 68.8 Å². The predicted molar refractivity (Wildman–Crippen MR) is 141 cm³/mol. The molecule has 1 aliphatic heterocycles. The van der Waals surface area contributed by atoms with E-state index in [1.54, 1.807) is 7.05 Å². The third kappa shape index (κ3) is 7.57. The first-order valence-corrected chi connectivity index (χ1v) is 10.7. The number of nitrogens with zero attached hydrogens (tertiary/aromatic N) is 2. The first-order chi connectivity index (χ1) is 14.4. The van der Waals surface area contributed by atoms with Gasteiger partial charge < -0.3 is 20.9 Å². The van der Waals surface area contributed by atoms with Gasteiger partial charge in [0.1, 0.15) is 0 Å². The van der Waals surface area contributed by atoms with Crippen LogP contribution in [0.5, 0.6) is 0 Å². The number of carbonyl (C=O) groups is 1. The standard InChI is InChI=1S/C23H30ClN5O.HI/c1-16-4-7-19(8-5-16)29-13-11-18(15-29)27-23(25-3)26-12-10-22(30)28-21-9-6-17(2)14-20(21)24;/h4-9,14,18H,10-13,15H2,1-3H3,(H,28,30)(H2,25,26,27);1H. The van der Waals surface area contributed by atoms with Gasteiger partial charge in [0.2, 0.25) is 5.91 Å². The van der Waals surface area contributed by atoms with E-state index in [-0.39, 0.29) is 29.9 Å². The highest BCUT2D eigenvalue weighted by atomic mass is 127. The van der Waals surface area contributed by atoms with Gasteiger partial charge in [-0.3, -0.25) is 9.79 Å². The molecular formula is C23H31ClIN5O. The zero-order chi connectivity index (χ0) is 21.5. The molecule has 0 radical (unpaired) electrons. The molecule has 0 saturated carbocycles. The van der Waals surface area contributed by atoms with E-state index in [1.807, 2.05) is 25.1 Å². The highest BCUT2D eigenvalue weighted by Crippen LogP contribution is 2.23. The molecule has 3 rings (SSSR count). The Morgan fingerprint density at radius 1 is 1.16 bits per heavy atom. The normalized spacial score (nSPS) is 15.9. The summed E-state index contributed by atoms with van der Waals surface area (Å²) in [4.78, 5) is 18.9. The fourth-order valence-electron chi connectivity index (χ4n) is 3.48. The van der Waals surface area contributed by atoms with Crippen molar-refractivity contribution in [2.24, 2.45) is 4.99 Å². The van der Waals surface area contributed by atoms with Crippen LogP contribution in [-0.2, 0) is 4.79 Å². The Bertz CT molecular complexity index is 903. The molecule has 2 aromatic carbocycles. The number of carbonyl (C=O) groups excluding carboxylic acids is 1. The van der Waals surface area contributed by atoms with Gasteiger partial charge in [-0.15, -0.1) is 24.0 Å². The molecule has 1 unspecified atom stereocenters. The predicted octanol–water partition coefficient (Wildman–Crippen LogP) is 4.35. The molecule has 1 atom stereocenters. The summed E-state index contributed by atoms with van der Waals surface area (Å²) in [6, 6.07) is 14.5. The number of guanidine groups is 1. The molecule has 0 bridgehead atoms. The molecule has 1 heterocycles. The fourth-order valence-corrected chi connectivity index (χ4v) is 3.77. The molecule has 1 aliphatic rings. The number of nitrogens with one attached hydrogen (secondary N) is 3. The first-order valence-electron chi connectivity index (χ1n) is 10.3. The lowest BCUT2D eigenvalue weighted by molar-refractivity contribution is -0.116. The van der Waals surface area contributed by atoms with E-state index in [2.05, 4.69) is 57.0 Å². The third-order valence-corrected chi connectivity index (χ3v) is 5.51. The largest absolute Gasteiger partial charge is 0.369 e. The summed E-state index contributed by atoms with van der Waals surface area (Å²) in [5, 5.41) is 10.1. The Labute approximate surface area is 206 Å². The van der Waals surface area contributed by atoms with Crippen molar-refractivity contribution in [2.45, 2.75) is 32.7 Å². The Morgan fingerprint density at radius 2 is 1.87 bits per heavy atom. The average Bonchev–Trinajstić information content (AvgIpc) is 3.18. The van der Waals surface area contributed by atoms with Crippen molar-refractivity contribution >= 4 is 58.8 Å². The highest BCUT2D eigenvalue weighted by molar-refractivity contribution is 14.0. The van der Waals surface area contributed by atoms with E-state index in [0.29, 0.717) is 35.7 Å². The number of halogens is 2. The van der Waals surface area contributed by atoms with Crippen LogP contribution in [0.3, 0.4) is 0 Å². The quantitative estimate of drug-likeness (QED) is 0.282. The second-order valence-electron chi connectivity index (χ2n) is 7.69. The summed E-state index contributed by atoms with van der Waals surface area (Å²) in [5.74, 6) is 0.627. The van der Waals surface area contributed by atoms with Crippen molar-refractivity contribution in [1.29, 1.82) is 0 Å². The third-order valence-electron chi connectivity index (χ3n) is 5.20. The lowest BCUT2D eigenvalue weighted by atomic mass is 10.2. The van der Waals surface area contributed by atoms with Gasteiger partial charge in [-0.05, 0) is 50.1 Å². The number of aliphatic imine (C=N–C) groups is 1. The minimum atomic E-state index is -0.0879. The molecule has 0 aliphatic carbocycles. The van der Waals surface area contributed by atoms with Crippen LogP contribution in [0.4, 0.5) is 11.4 Å². The maximum atomic E-state index is 12.2. The lowest BCUT2D eigenvalue weighted by Gasteiger charge is -2.20.